The van der Waals surface area contributed by atoms with E-state index in [2.05, 4.69) is 0 Å². The van der Waals surface area contributed by atoms with E-state index in [-0.39, 0.29) is 11.9 Å². The molecule has 1 aliphatic rings. The van der Waals surface area contributed by atoms with Gasteiger partial charge in [0.2, 0.25) is 0 Å². The van der Waals surface area contributed by atoms with E-state index in [1.165, 1.54) is 16.7 Å². The summed E-state index contributed by atoms with van der Waals surface area (Å²) in [5, 5.41) is 0. The maximum absolute atomic E-state index is 12.9. The molecule has 1 fully saturated rings. The van der Waals surface area contributed by atoms with Gasteiger partial charge in [0.1, 0.15) is 0 Å². The minimum Gasteiger partial charge on any atom is -0.462 e. The highest BCUT2D eigenvalue weighted by Crippen LogP contribution is 2.36. The Balaban J connectivity index is 1.80. The summed E-state index contributed by atoms with van der Waals surface area (Å²) in [6, 6.07) is 14.6. The van der Waals surface area contributed by atoms with Crippen LogP contribution in [0.2, 0.25) is 0 Å². The molecule has 28 heavy (non-hydrogen) atoms. The number of nitrogens with zero attached hydrogens (tertiary/aromatic N) is 2. The molecule has 0 unspecified atom stereocenters. The van der Waals surface area contributed by atoms with Crippen molar-refractivity contribution in [3.63, 3.8) is 0 Å². The number of amides is 1. The number of ether oxygens (including phenoxy) is 1. The predicted octanol–water partition coefficient (Wildman–Crippen LogP) is 4.34. The molecule has 0 N–H and O–H groups in total. The Bertz CT molecular complexity index is 935. The third kappa shape index (κ3) is 4.26. The second-order valence-electron chi connectivity index (χ2n) is 6.27. The zero-order valence-corrected chi connectivity index (χ0v) is 17.5. The van der Waals surface area contributed by atoms with Gasteiger partial charge in [0.15, 0.2) is 4.32 Å². The van der Waals surface area contributed by atoms with Crippen LogP contribution >= 0.6 is 24.0 Å². The Morgan fingerprint density at radius 2 is 1.79 bits per heavy atom. The Hall–Kier alpha value is -2.64. The van der Waals surface area contributed by atoms with E-state index < -0.39 is 0 Å². The lowest BCUT2D eigenvalue weighted by atomic mass is 10.1. The molecule has 3 rings (SSSR count). The minimum absolute atomic E-state index is 0.171. The fourth-order valence-corrected chi connectivity index (χ4v) is 3.97. The molecule has 5 nitrogen and oxygen atoms in total. The number of thioether (sulfide) groups is 1. The van der Waals surface area contributed by atoms with Gasteiger partial charge in [-0.1, -0.05) is 36.1 Å². The molecule has 1 aliphatic heterocycles. The highest BCUT2D eigenvalue weighted by molar-refractivity contribution is 8.27. The third-order valence-electron chi connectivity index (χ3n) is 4.14. The largest absolute Gasteiger partial charge is 0.462 e. The maximum atomic E-state index is 12.9. The molecule has 0 spiro atoms. The van der Waals surface area contributed by atoms with Crippen LogP contribution in [-0.4, -0.2) is 36.9 Å². The molecule has 1 heterocycles. The molecule has 0 aromatic heterocycles. The van der Waals surface area contributed by atoms with Crippen molar-refractivity contribution < 1.29 is 14.3 Å². The summed E-state index contributed by atoms with van der Waals surface area (Å²) < 4.78 is 5.44. The van der Waals surface area contributed by atoms with Gasteiger partial charge in [-0.05, 0) is 55.0 Å². The second-order valence-corrected chi connectivity index (χ2v) is 7.95. The zero-order valence-electron chi connectivity index (χ0n) is 15.8. The van der Waals surface area contributed by atoms with Crippen LogP contribution in [0, 0.1) is 0 Å². The molecule has 0 saturated carbocycles. The lowest BCUT2D eigenvalue weighted by Crippen LogP contribution is -2.27. The average Bonchev–Trinajstić information content (AvgIpc) is 2.96. The summed E-state index contributed by atoms with van der Waals surface area (Å²) in [6.45, 7) is 2.07. The van der Waals surface area contributed by atoms with Crippen molar-refractivity contribution in [3.8, 4) is 0 Å². The van der Waals surface area contributed by atoms with Crippen LogP contribution < -0.4 is 9.80 Å². The number of carbonyl (C=O) groups is 2. The molecular formula is C21H20N2O3S2. The number of rotatable bonds is 5. The van der Waals surface area contributed by atoms with Crippen molar-refractivity contribution >= 4 is 57.6 Å². The van der Waals surface area contributed by atoms with Crippen molar-refractivity contribution in [1.82, 2.24) is 0 Å². The van der Waals surface area contributed by atoms with E-state index in [0.29, 0.717) is 27.1 Å². The fourth-order valence-electron chi connectivity index (χ4n) is 2.67. The Morgan fingerprint density at radius 1 is 1.14 bits per heavy atom. The van der Waals surface area contributed by atoms with Crippen LogP contribution in [0.4, 0.5) is 11.4 Å². The standard InChI is InChI=1S/C21H20N2O3S2/c1-4-26-20(25)15-7-11-17(12-8-15)23-19(24)18(28-21(23)27)13-14-5-9-16(10-6-14)22(2)3/h5-13H,4H2,1-3H3/b18-13-. The molecule has 144 valence electrons. The predicted molar refractivity (Wildman–Crippen MR) is 119 cm³/mol. The first kappa shape index (κ1) is 20.1. The molecule has 2 aromatic rings. The number of hydrogen-bond acceptors (Lipinski definition) is 6. The summed E-state index contributed by atoms with van der Waals surface area (Å²) in [4.78, 5) is 28.7. The van der Waals surface area contributed by atoms with Gasteiger partial charge in [0.25, 0.3) is 5.91 Å². The van der Waals surface area contributed by atoms with Crippen LogP contribution in [0.1, 0.15) is 22.8 Å². The third-order valence-corrected chi connectivity index (χ3v) is 5.44. The highest BCUT2D eigenvalue weighted by atomic mass is 32.2. The lowest BCUT2D eigenvalue weighted by molar-refractivity contribution is -0.113. The van der Waals surface area contributed by atoms with E-state index in [4.69, 9.17) is 17.0 Å². The Labute approximate surface area is 174 Å². The zero-order chi connectivity index (χ0) is 20.3. The van der Waals surface area contributed by atoms with Crippen molar-refractivity contribution in [2.24, 2.45) is 0 Å². The smallest absolute Gasteiger partial charge is 0.338 e. The summed E-state index contributed by atoms with van der Waals surface area (Å²) in [5.41, 5.74) is 3.09. The number of thiocarbonyl (C=S) groups is 1. The van der Waals surface area contributed by atoms with Gasteiger partial charge in [-0.15, -0.1) is 0 Å². The molecule has 0 atom stereocenters. The molecular weight excluding hydrogens is 392 g/mol. The van der Waals surface area contributed by atoms with Crippen LogP contribution in [0.5, 0.6) is 0 Å². The van der Waals surface area contributed by atoms with Crippen molar-refractivity contribution in [2.75, 3.05) is 30.5 Å². The van der Waals surface area contributed by atoms with E-state index in [0.717, 1.165) is 11.3 Å². The van der Waals surface area contributed by atoms with Crippen LogP contribution in [0.3, 0.4) is 0 Å². The molecule has 1 amide bonds. The molecule has 0 radical (unpaired) electrons. The first-order valence-corrected chi connectivity index (χ1v) is 9.95. The van der Waals surface area contributed by atoms with Crippen molar-refractivity contribution in [1.29, 1.82) is 0 Å². The monoisotopic (exact) mass is 412 g/mol. The number of carbonyl (C=O) groups excluding carboxylic acids is 2. The number of esters is 1. The maximum Gasteiger partial charge on any atom is 0.338 e. The minimum atomic E-state index is -0.388. The van der Waals surface area contributed by atoms with Gasteiger partial charge < -0.3 is 9.64 Å². The normalized spacial score (nSPS) is 15.2. The number of hydrogen-bond donors (Lipinski definition) is 0. The van der Waals surface area contributed by atoms with Gasteiger partial charge in [-0.25, -0.2) is 4.79 Å². The molecule has 7 heteroatoms. The van der Waals surface area contributed by atoms with E-state index in [1.807, 2.05) is 49.3 Å². The second kappa shape index (κ2) is 8.58. The average molecular weight is 413 g/mol. The molecule has 0 bridgehead atoms. The summed E-state index contributed by atoms with van der Waals surface area (Å²) in [5.74, 6) is -0.559. The number of anilines is 2. The summed E-state index contributed by atoms with van der Waals surface area (Å²) in [7, 11) is 3.96. The van der Waals surface area contributed by atoms with Crippen LogP contribution in [0.15, 0.2) is 53.4 Å². The first-order chi connectivity index (χ1) is 13.4. The van der Waals surface area contributed by atoms with Gasteiger partial charge in [0.05, 0.1) is 22.8 Å². The molecule has 2 aromatic carbocycles. The Morgan fingerprint density at radius 3 is 2.36 bits per heavy atom. The first-order valence-electron chi connectivity index (χ1n) is 8.73. The van der Waals surface area contributed by atoms with E-state index in [9.17, 15) is 9.59 Å². The van der Waals surface area contributed by atoms with Gasteiger partial charge >= 0.3 is 5.97 Å². The summed E-state index contributed by atoms with van der Waals surface area (Å²) >= 11 is 6.67. The SMILES string of the molecule is CCOC(=O)c1ccc(N2C(=O)/C(=C/c3ccc(N(C)C)cc3)SC2=S)cc1. The van der Waals surface area contributed by atoms with Crippen molar-refractivity contribution in [2.45, 2.75) is 6.92 Å². The molecule has 1 saturated heterocycles. The van der Waals surface area contributed by atoms with Crippen LogP contribution in [-0.2, 0) is 9.53 Å². The fraction of sp³-hybridized carbons (Fsp3) is 0.190. The van der Waals surface area contributed by atoms with Gasteiger partial charge in [-0.3, -0.25) is 9.69 Å². The summed E-state index contributed by atoms with van der Waals surface area (Å²) in [6.07, 6.45) is 1.84. The topological polar surface area (TPSA) is 49.9 Å². The van der Waals surface area contributed by atoms with E-state index >= 15 is 0 Å². The van der Waals surface area contributed by atoms with E-state index in [1.54, 1.807) is 31.2 Å². The molecule has 0 aliphatic carbocycles. The van der Waals surface area contributed by atoms with Gasteiger partial charge in [0, 0.05) is 19.8 Å². The lowest BCUT2D eigenvalue weighted by Gasteiger charge is -2.14. The van der Waals surface area contributed by atoms with Crippen LogP contribution in [0.25, 0.3) is 6.08 Å². The highest BCUT2D eigenvalue weighted by Gasteiger charge is 2.33. The Kier molecular flexibility index (Phi) is 6.16. The van der Waals surface area contributed by atoms with Crippen molar-refractivity contribution in [3.05, 3.63) is 64.6 Å². The quantitative estimate of drug-likeness (QED) is 0.414. The van der Waals surface area contributed by atoms with Gasteiger partial charge in [-0.2, -0.15) is 0 Å². The number of benzene rings is 2.